The van der Waals surface area contributed by atoms with Crippen LogP contribution < -0.4 is 11.1 Å². The van der Waals surface area contributed by atoms with Gasteiger partial charge in [0.25, 0.3) is 0 Å². The van der Waals surface area contributed by atoms with Crippen molar-refractivity contribution in [2.75, 3.05) is 11.1 Å². The van der Waals surface area contributed by atoms with Crippen molar-refractivity contribution in [3.8, 4) is 11.5 Å². The molecule has 1 aliphatic rings. The van der Waals surface area contributed by atoms with Crippen LogP contribution in [0.2, 0.25) is 0 Å². The van der Waals surface area contributed by atoms with Gasteiger partial charge in [-0.25, -0.2) is 14.4 Å². The van der Waals surface area contributed by atoms with Crippen molar-refractivity contribution in [3.05, 3.63) is 65.2 Å². The summed E-state index contributed by atoms with van der Waals surface area (Å²) in [5.41, 5.74) is 9.61. The molecule has 1 aliphatic heterocycles. The summed E-state index contributed by atoms with van der Waals surface area (Å²) in [6.45, 7) is 10.4. The fraction of sp³-hybridized carbons (Fsp3) is 0.250. The lowest BCUT2D eigenvalue weighted by Gasteiger charge is -2.19. The van der Waals surface area contributed by atoms with Crippen LogP contribution in [0.1, 0.15) is 30.7 Å². The van der Waals surface area contributed by atoms with E-state index in [9.17, 15) is 4.39 Å². The average Bonchev–Trinajstić information content (AvgIpc) is 3.07. The zero-order valence-electron chi connectivity index (χ0n) is 15.5. The Morgan fingerprint density at radius 1 is 1.26 bits per heavy atom. The maximum Gasteiger partial charge on any atom is 0.184 e. The standard InChI is InChI=1S/C20H21FN6/c1-11-9-15(26-27(11)10-13-7-5-6-8-14(13)21)18-24-17(22)16-19(25-18)23-12(2)20(16,3)4/h5-9H,2,10H2,1,3-4H3,(H3,22,23,24,25). The lowest BCUT2D eigenvalue weighted by atomic mass is 9.85. The van der Waals surface area contributed by atoms with E-state index >= 15 is 0 Å². The molecule has 27 heavy (non-hydrogen) atoms. The van der Waals surface area contributed by atoms with E-state index in [1.54, 1.807) is 16.8 Å². The zero-order chi connectivity index (χ0) is 19.3. The van der Waals surface area contributed by atoms with Gasteiger partial charge in [0.15, 0.2) is 5.82 Å². The molecule has 2 aromatic heterocycles. The molecule has 0 saturated carbocycles. The first-order valence-electron chi connectivity index (χ1n) is 8.70. The summed E-state index contributed by atoms with van der Waals surface area (Å²) in [4.78, 5) is 9.06. The van der Waals surface area contributed by atoms with Gasteiger partial charge in [0.2, 0.25) is 0 Å². The highest BCUT2D eigenvalue weighted by molar-refractivity contribution is 5.73. The smallest absolute Gasteiger partial charge is 0.184 e. The third-order valence-corrected chi connectivity index (χ3v) is 5.07. The molecular formula is C20H21FN6. The van der Waals surface area contributed by atoms with Crippen LogP contribution in [0.5, 0.6) is 0 Å². The van der Waals surface area contributed by atoms with Gasteiger partial charge in [-0.15, -0.1) is 0 Å². The Morgan fingerprint density at radius 3 is 2.74 bits per heavy atom. The van der Waals surface area contributed by atoms with Crippen molar-refractivity contribution in [1.29, 1.82) is 0 Å². The number of allylic oxidation sites excluding steroid dienone is 1. The summed E-state index contributed by atoms with van der Waals surface area (Å²) in [5.74, 6) is 1.25. The highest BCUT2D eigenvalue weighted by Gasteiger charge is 2.38. The van der Waals surface area contributed by atoms with Gasteiger partial charge in [0, 0.05) is 27.9 Å². The van der Waals surface area contributed by atoms with E-state index in [2.05, 4.69) is 27.0 Å². The van der Waals surface area contributed by atoms with Crippen molar-refractivity contribution in [3.63, 3.8) is 0 Å². The molecule has 0 fully saturated rings. The van der Waals surface area contributed by atoms with Gasteiger partial charge in [-0.2, -0.15) is 5.10 Å². The van der Waals surface area contributed by atoms with Crippen molar-refractivity contribution in [1.82, 2.24) is 19.7 Å². The molecule has 0 unspecified atom stereocenters. The number of rotatable bonds is 3. The minimum atomic E-state index is -0.335. The molecule has 1 aromatic carbocycles. The third kappa shape index (κ3) is 2.75. The Morgan fingerprint density at radius 2 is 2.00 bits per heavy atom. The number of nitrogens with zero attached hydrogens (tertiary/aromatic N) is 4. The molecule has 3 heterocycles. The van der Waals surface area contributed by atoms with E-state index in [-0.39, 0.29) is 11.2 Å². The topological polar surface area (TPSA) is 81.7 Å². The van der Waals surface area contributed by atoms with Gasteiger partial charge in [-0.3, -0.25) is 4.68 Å². The molecule has 7 heteroatoms. The monoisotopic (exact) mass is 364 g/mol. The molecule has 0 spiro atoms. The van der Waals surface area contributed by atoms with Gasteiger partial charge in [0.1, 0.15) is 23.1 Å². The second-order valence-corrected chi connectivity index (χ2v) is 7.30. The van der Waals surface area contributed by atoms with Crippen LogP contribution in [0.3, 0.4) is 0 Å². The van der Waals surface area contributed by atoms with E-state index in [4.69, 9.17) is 5.73 Å². The molecule has 0 radical (unpaired) electrons. The molecule has 6 nitrogen and oxygen atoms in total. The van der Waals surface area contributed by atoms with Crippen molar-refractivity contribution >= 4 is 11.6 Å². The number of hydrogen-bond acceptors (Lipinski definition) is 5. The van der Waals surface area contributed by atoms with Crippen LogP contribution >= 0.6 is 0 Å². The van der Waals surface area contributed by atoms with Crippen LogP contribution in [-0.2, 0) is 12.0 Å². The number of nitrogens with two attached hydrogens (primary N) is 1. The van der Waals surface area contributed by atoms with Crippen molar-refractivity contribution in [2.45, 2.75) is 32.7 Å². The highest BCUT2D eigenvalue weighted by Crippen LogP contribution is 2.44. The number of halogens is 1. The first-order chi connectivity index (χ1) is 12.8. The zero-order valence-corrected chi connectivity index (χ0v) is 15.5. The van der Waals surface area contributed by atoms with Gasteiger partial charge in [-0.05, 0) is 32.9 Å². The Hall–Kier alpha value is -3.22. The van der Waals surface area contributed by atoms with Gasteiger partial charge >= 0.3 is 0 Å². The lowest BCUT2D eigenvalue weighted by Crippen LogP contribution is -2.18. The number of aromatic nitrogens is 4. The summed E-state index contributed by atoms with van der Waals surface area (Å²) in [6.07, 6.45) is 0. The normalized spacial score (nSPS) is 14.9. The Balaban J connectivity index is 1.72. The second-order valence-electron chi connectivity index (χ2n) is 7.30. The number of anilines is 2. The number of benzene rings is 1. The predicted octanol–water partition coefficient (Wildman–Crippen LogP) is 3.63. The third-order valence-electron chi connectivity index (χ3n) is 5.07. The van der Waals surface area contributed by atoms with Crippen LogP contribution in [0.25, 0.3) is 11.5 Å². The van der Waals surface area contributed by atoms with Crippen LogP contribution in [-0.4, -0.2) is 19.7 Å². The Labute approximate surface area is 157 Å². The summed E-state index contributed by atoms with van der Waals surface area (Å²) < 4.78 is 15.7. The quantitative estimate of drug-likeness (QED) is 0.742. The summed E-state index contributed by atoms with van der Waals surface area (Å²) in [5, 5.41) is 7.76. The van der Waals surface area contributed by atoms with Crippen LogP contribution in [0.15, 0.2) is 42.6 Å². The molecule has 0 amide bonds. The minimum Gasteiger partial charge on any atom is -0.383 e. The fourth-order valence-electron chi connectivity index (χ4n) is 3.32. The van der Waals surface area contributed by atoms with Gasteiger partial charge in [-0.1, -0.05) is 24.8 Å². The number of hydrogen-bond donors (Lipinski definition) is 2. The summed E-state index contributed by atoms with van der Waals surface area (Å²) in [7, 11) is 0. The first-order valence-corrected chi connectivity index (χ1v) is 8.70. The van der Waals surface area contributed by atoms with Crippen molar-refractivity contribution in [2.24, 2.45) is 0 Å². The molecule has 4 rings (SSSR count). The maximum atomic E-state index is 14.0. The molecule has 0 aliphatic carbocycles. The summed E-state index contributed by atoms with van der Waals surface area (Å²) in [6, 6.07) is 8.54. The lowest BCUT2D eigenvalue weighted by molar-refractivity contribution is 0.580. The number of nitrogens with one attached hydrogen (secondary N) is 1. The number of fused-ring (bicyclic) bond motifs is 1. The largest absolute Gasteiger partial charge is 0.383 e. The molecule has 3 aromatic rings. The van der Waals surface area contributed by atoms with E-state index in [1.165, 1.54) is 6.07 Å². The molecule has 0 saturated heterocycles. The van der Waals surface area contributed by atoms with Crippen LogP contribution in [0, 0.1) is 12.7 Å². The number of nitrogen functional groups attached to an aromatic ring is 1. The fourth-order valence-corrected chi connectivity index (χ4v) is 3.32. The summed E-state index contributed by atoms with van der Waals surface area (Å²) >= 11 is 0. The first kappa shape index (κ1) is 17.2. The SMILES string of the molecule is C=C1Nc2nc(-c3cc(C)n(Cc4ccccc4F)n3)nc(N)c2C1(C)C. The van der Waals surface area contributed by atoms with Crippen molar-refractivity contribution < 1.29 is 4.39 Å². The Kier molecular flexibility index (Phi) is 3.76. The van der Waals surface area contributed by atoms with E-state index < -0.39 is 0 Å². The van der Waals surface area contributed by atoms with E-state index in [0.717, 1.165) is 17.0 Å². The Bertz CT molecular complexity index is 1070. The molecular weight excluding hydrogens is 343 g/mol. The van der Waals surface area contributed by atoms with Gasteiger partial charge < -0.3 is 11.1 Å². The molecule has 0 atom stereocenters. The maximum absolute atomic E-state index is 14.0. The minimum absolute atomic E-state index is 0.253. The van der Waals surface area contributed by atoms with Crippen LogP contribution in [0.4, 0.5) is 16.0 Å². The van der Waals surface area contributed by atoms with Gasteiger partial charge in [0.05, 0.1) is 6.54 Å². The highest BCUT2D eigenvalue weighted by atomic mass is 19.1. The molecule has 0 bridgehead atoms. The van der Waals surface area contributed by atoms with E-state index in [0.29, 0.717) is 35.3 Å². The van der Waals surface area contributed by atoms with E-state index in [1.807, 2.05) is 32.9 Å². The second kappa shape index (κ2) is 5.90. The molecule has 138 valence electrons. The predicted molar refractivity (Wildman–Crippen MR) is 104 cm³/mol. The average molecular weight is 364 g/mol. The number of aryl methyl sites for hydroxylation is 1. The molecule has 3 N–H and O–H groups in total.